The fourth-order valence-corrected chi connectivity index (χ4v) is 4.80. The Hall–Kier alpha value is -4.07. The van der Waals surface area contributed by atoms with Crippen LogP contribution in [0.25, 0.3) is 11.1 Å². The number of aliphatic carboxylic acids is 1. The van der Waals surface area contributed by atoms with Crippen LogP contribution in [0.1, 0.15) is 40.9 Å². The van der Waals surface area contributed by atoms with E-state index in [0.29, 0.717) is 6.42 Å². The molecule has 5 rings (SSSR count). The summed E-state index contributed by atoms with van der Waals surface area (Å²) < 4.78 is 10.8. The van der Waals surface area contributed by atoms with Gasteiger partial charge in [-0.15, -0.1) is 0 Å². The van der Waals surface area contributed by atoms with Gasteiger partial charge in [-0.05, 0) is 28.7 Å². The molecule has 1 fully saturated rings. The first-order chi connectivity index (χ1) is 16.4. The van der Waals surface area contributed by atoms with Crippen molar-refractivity contribution in [3.05, 3.63) is 77.7 Å². The lowest BCUT2D eigenvalue weighted by atomic mass is 9.77. The minimum absolute atomic E-state index is 0.0522. The van der Waals surface area contributed by atoms with Crippen LogP contribution in [0.2, 0.25) is 0 Å². The van der Waals surface area contributed by atoms with Gasteiger partial charge in [0.1, 0.15) is 12.0 Å². The Balaban J connectivity index is 1.24. The number of ether oxygens (including phenoxy) is 1. The average molecular weight is 460 g/mol. The second-order valence-electron chi connectivity index (χ2n) is 8.71. The molecule has 1 aliphatic carbocycles. The van der Waals surface area contributed by atoms with Gasteiger partial charge in [0.05, 0.1) is 12.0 Å². The molecule has 8 heteroatoms. The molecule has 1 saturated heterocycles. The van der Waals surface area contributed by atoms with Gasteiger partial charge >= 0.3 is 12.1 Å². The number of hydrogen-bond acceptors (Lipinski definition) is 5. The highest BCUT2D eigenvalue weighted by Crippen LogP contribution is 2.44. The third kappa shape index (κ3) is 3.51. The number of furan rings is 1. The van der Waals surface area contributed by atoms with Gasteiger partial charge in [-0.3, -0.25) is 14.9 Å². The lowest BCUT2D eigenvalue weighted by Gasteiger charge is -2.46. The largest absolute Gasteiger partial charge is 0.481 e. The van der Waals surface area contributed by atoms with Crippen LogP contribution in [0.5, 0.6) is 0 Å². The van der Waals surface area contributed by atoms with E-state index in [2.05, 4.69) is 17.4 Å². The summed E-state index contributed by atoms with van der Waals surface area (Å²) in [6.07, 6.45) is 1.03. The average Bonchev–Trinajstić information content (AvgIpc) is 3.39. The molecule has 1 aromatic heterocycles. The number of carboxylic acids is 1. The van der Waals surface area contributed by atoms with Crippen molar-refractivity contribution in [3.63, 3.8) is 0 Å². The first-order valence-electron chi connectivity index (χ1n) is 11.2. The molecule has 8 nitrogen and oxygen atoms in total. The molecule has 2 aliphatic rings. The maximum Gasteiger partial charge on any atom is 0.411 e. The van der Waals surface area contributed by atoms with Gasteiger partial charge in [0.15, 0.2) is 0 Å². The lowest BCUT2D eigenvalue weighted by Crippen LogP contribution is -2.61. The number of nitrogens with one attached hydrogen (secondary N) is 1. The number of rotatable bonds is 6. The minimum atomic E-state index is -0.928. The van der Waals surface area contributed by atoms with Crippen LogP contribution in [0.4, 0.5) is 10.5 Å². The zero-order chi connectivity index (χ0) is 23.9. The number of amides is 2. The number of fused-ring (bicyclic) bond motifs is 3. The molecule has 0 atom stereocenters. The second kappa shape index (κ2) is 8.37. The highest BCUT2D eigenvalue weighted by atomic mass is 16.5. The van der Waals surface area contributed by atoms with E-state index in [1.54, 1.807) is 6.92 Å². The standard InChI is InChI=1S/C26H24N2O6/c1-2-26(24(30)31)14-28(15-26)23(29)22-21(11-12-33-22)27-25(32)34-13-20-18-9-5-3-7-16(18)17-8-4-6-10-19(17)20/h3-12,20H,2,13-15H2,1H3,(H,27,32)(H,30,31). The Morgan fingerprint density at radius 3 is 2.26 bits per heavy atom. The topological polar surface area (TPSA) is 109 Å². The van der Waals surface area contributed by atoms with Crippen molar-refractivity contribution in [2.24, 2.45) is 5.41 Å². The maximum absolute atomic E-state index is 12.8. The third-order valence-corrected chi connectivity index (χ3v) is 6.84. The van der Waals surface area contributed by atoms with Gasteiger partial charge in [-0.25, -0.2) is 4.79 Å². The van der Waals surface area contributed by atoms with Crippen molar-refractivity contribution in [2.75, 3.05) is 25.0 Å². The molecule has 2 N–H and O–H groups in total. The summed E-state index contributed by atoms with van der Waals surface area (Å²) in [6, 6.07) is 17.6. The molecule has 0 radical (unpaired) electrons. The number of anilines is 1. The number of carbonyl (C=O) groups is 3. The van der Waals surface area contributed by atoms with Crippen LogP contribution in [0.3, 0.4) is 0 Å². The van der Waals surface area contributed by atoms with Gasteiger partial charge in [0, 0.05) is 25.1 Å². The highest BCUT2D eigenvalue weighted by molar-refractivity contribution is 6.01. The van der Waals surface area contributed by atoms with Crippen LogP contribution >= 0.6 is 0 Å². The SMILES string of the molecule is CCC1(C(=O)O)CN(C(=O)c2occc2NC(=O)OCC2c3ccccc3-c3ccccc32)C1. The molecule has 0 unspecified atom stereocenters. The molecular weight excluding hydrogens is 436 g/mol. The van der Waals surface area contributed by atoms with E-state index in [1.165, 1.54) is 17.2 Å². The van der Waals surface area contributed by atoms with Crippen LogP contribution < -0.4 is 5.32 Å². The molecule has 2 aromatic carbocycles. The Morgan fingerprint density at radius 2 is 1.68 bits per heavy atom. The monoisotopic (exact) mass is 460 g/mol. The number of nitrogens with zero attached hydrogens (tertiary/aromatic N) is 1. The summed E-state index contributed by atoms with van der Waals surface area (Å²) in [5, 5.41) is 12.0. The van der Waals surface area contributed by atoms with E-state index in [9.17, 15) is 19.5 Å². The van der Waals surface area contributed by atoms with Crippen LogP contribution in [0.15, 0.2) is 65.3 Å². The van der Waals surface area contributed by atoms with E-state index in [4.69, 9.17) is 9.15 Å². The summed E-state index contributed by atoms with van der Waals surface area (Å²) in [7, 11) is 0. The van der Waals surface area contributed by atoms with Crippen molar-refractivity contribution in [3.8, 4) is 11.1 Å². The normalized spacial score (nSPS) is 15.7. The van der Waals surface area contributed by atoms with Gasteiger partial charge < -0.3 is 19.2 Å². The number of benzene rings is 2. The van der Waals surface area contributed by atoms with Crippen molar-refractivity contribution in [1.82, 2.24) is 4.90 Å². The Morgan fingerprint density at radius 1 is 1.06 bits per heavy atom. The number of carboxylic acid groups (broad SMARTS) is 1. The highest BCUT2D eigenvalue weighted by Gasteiger charge is 2.50. The molecule has 3 aromatic rings. The fourth-order valence-electron chi connectivity index (χ4n) is 4.80. The second-order valence-corrected chi connectivity index (χ2v) is 8.71. The van der Waals surface area contributed by atoms with Gasteiger partial charge in [-0.1, -0.05) is 55.5 Å². The van der Waals surface area contributed by atoms with Crippen LogP contribution in [0, 0.1) is 5.41 Å². The third-order valence-electron chi connectivity index (χ3n) is 6.84. The molecule has 174 valence electrons. The number of carbonyl (C=O) groups excluding carboxylic acids is 2. The van der Waals surface area contributed by atoms with Crippen molar-refractivity contribution in [1.29, 1.82) is 0 Å². The quantitative estimate of drug-likeness (QED) is 0.557. The molecule has 34 heavy (non-hydrogen) atoms. The molecule has 2 heterocycles. The van der Waals surface area contributed by atoms with E-state index in [-0.39, 0.29) is 37.1 Å². The predicted molar refractivity (Wildman–Crippen MR) is 124 cm³/mol. The Bertz CT molecular complexity index is 1230. The Labute approximate surface area is 196 Å². The molecule has 0 bridgehead atoms. The van der Waals surface area contributed by atoms with Gasteiger partial charge in [0.2, 0.25) is 5.76 Å². The fraction of sp³-hybridized carbons (Fsp3) is 0.269. The smallest absolute Gasteiger partial charge is 0.411 e. The summed E-state index contributed by atoms with van der Waals surface area (Å²) in [4.78, 5) is 38.3. The molecule has 0 saturated carbocycles. The van der Waals surface area contributed by atoms with E-state index >= 15 is 0 Å². The molecule has 2 amide bonds. The van der Waals surface area contributed by atoms with Crippen molar-refractivity contribution in [2.45, 2.75) is 19.3 Å². The summed E-state index contributed by atoms with van der Waals surface area (Å²) in [5.41, 5.74) is 3.73. The van der Waals surface area contributed by atoms with E-state index in [0.717, 1.165) is 22.3 Å². The minimum Gasteiger partial charge on any atom is -0.481 e. The van der Waals surface area contributed by atoms with E-state index in [1.807, 2.05) is 36.4 Å². The zero-order valence-electron chi connectivity index (χ0n) is 18.6. The summed E-state index contributed by atoms with van der Waals surface area (Å²) in [5.74, 6) is -1.52. The first-order valence-corrected chi connectivity index (χ1v) is 11.2. The molecule has 0 spiro atoms. The summed E-state index contributed by atoms with van der Waals surface area (Å²) >= 11 is 0. The van der Waals surface area contributed by atoms with Crippen LogP contribution in [-0.4, -0.2) is 47.7 Å². The van der Waals surface area contributed by atoms with Crippen molar-refractivity contribution < 1.29 is 28.6 Å². The maximum atomic E-state index is 12.8. The lowest BCUT2D eigenvalue weighted by molar-refractivity contribution is -0.158. The first kappa shape index (κ1) is 21.8. The molecule has 1 aliphatic heterocycles. The number of likely N-dealkylation sites (tertiary alicyclic amines) is 1. The summed E-state index contributed by atoms with van der Waals surface area (Å²) in [6.45, 7) is 2.13. The zero-order valence-corrected chi connectivity index (χ0v) is 18.6. The van der Waals surface area contributed by atoms with E-state index < -0.39 is 23.4 Å². The Kier molecular flexibility index (Phi) is 5.36. The molecular formula is C26H24N2O6. The van der Waals surface area contributed by atoms with Crippen molar-refractivity contribution >= 4 is 23.7 Å². The van der Waals surface area contributed by atoms with Gasteiger partial charge in [0.25, 0.3) is 5.91 Å². The van der Waals surface area contributed by atoms with Gasteiger partial charge in [-0.2, -0.15) is 0 Å². The van der Waals surface area contributed by atoms with Crippen LogP contribution in [-0.2, 0) is 9.53 Å². The number of hydrogen-bond donors (Lipinski definition) is 2. The predicted octanol–water partition coefficient (Wildman–Crippen LogP) is 4.58.